The number of benzene rings is 1. The average molecular weight is 274 g/mol. The first-order valence-electron chi connectivity index (χ1n) is 6.69. The summed E-state index contributed by atoms with van der Waals surface area (Å²) in [6, 6.07) is 10.7. The second-order valence-corrected chi connectivity index (χ2v) is 4.94. The molecule has 0 aliphatic rings. The molecule has 0 bridgehead atoms. The third-order valence-corrected chi connectivity index (χ3v) is 2.76. The Balaban J connectivity index is 2.00. The summed E-state index contributed by atoms with van der Waals surface area (Å²) in [4.78, 5) is 4.17. The maximum absolute atomic E-state index is 13.6. The molecule has 1 heterocycles. The van der Waals surface area contributed by atoms with Crippen molar-refractivity contribution in [2.24, 2.45) is 0 Å². The minimum absolute atomic E-state index is 0.288. The molecule has 0 radical (unpaired) electrons. The summed E-state index contributed by atoms with van der Waals surface area (Å²) in [5.41, 5.74) is 1.69. The minimum atomic E-state index is -0.288. The standard InChI is InChI=1S/C16H19FN2O/c1-12(2)19-10-13-7-14(17)9-16(8-13)20-11-15-5-3-4-6-18-15/h3-9,12,19H,10-11H2,1-2H3. The maximum atomic E-state index is 13.6. The first-order valence-corrected chi connectivity index (χ1v) is 6.69. The zero-order valence-corrected chi connectivity index (χ0v) is 11.8. The summed E-state index contributed by atoms with van der Waals surface area (Å²) < 4.78 is 19.1. The Morgan fingerprint density at radius 3 is 2.80 bits per heavy atom. The zero-order chi connectivity index (χ0) is 14.4. The van der Waals surface area contributed by atoms with E-state index in [1.807, 2.05) is 24.3 Å². The highest BCUT2D eigenvalue weighted by atomic mass is 19.1. The summed E-state index contributed by atoms with van der Waals surface area (Å²) in [5, 5.41) is 3.26. The van der Waals surface area contributed by atoms with Crippen molar-refractivity contribution in [1.82, 2.24) is 10.3 Å². The van der Waals surface area contributed by atoms with E-state index < -0.39 is 0 Å². The van der Waals surface area contributed by atoms with Crippen LogP contribution in [-0.4, -0.2) is 11.0 Å². The largest absolute Gasteiger partial charge is 0.487 e. The topological polar surface area (TPSA) is 34.1 Å². The molecule has 0 atom stereocenters. The van der Waals surface area contributed by atoms with Gasteiger partial charge in [-0.25, -0.2) is 4.39 Å². The van der Waals surface area contributed by atoms with Crippen LogP contribution in [0.2, 0.25) is 0 Å². The number of aromatic nitrogens is 1. The summed E-state index contributed by atoms with van der Waals surface area (Å²) in [7, 11) is 0. The normalized spacial score (nSPS) is 10.8. The molecular weight excluding hydrogens is 255 g/mol. The second kappa shape index (κ2) is 7.01. The van der Waals surface area contributed by atoms with Crippen molar-refractivity contribution in [3.05, 3.63) is 59.7 Å². The Labute approximate surface area is 118 Å². The van der Waals surface area contributed by atoms with E-state index in [0.717, 1.165) is 11.3 Å². The van der Waals surface area contributed by atoms with Crippen LogP contribution in [0, 0.1) is 5.82 Å². The van der Waals surface area contributed by atoms with Crippen LogP contribution >= 0.6 is 0 Å². The van der Waals surface area contributed by atoms with E-state index in [1.54, 1.807) is 6.20 Å². The number of hydrogen-bond acceptors (Lipinski definition) is 3. The van der Waals surface area contributed by atoms with Gasteiger partial charge in [-0.05, 0) is 29.8 Å². The molecule has 1 aromatic carbocycles. The Bertz CT molecular complexity index is 543. The molecule has 2 aromatic rings. The quantitative estimate of drug-likeness (QED) is 0.877. The van der Waals surface area contributed by atoms with E-state index in [0.29, 0.717) is 24.9 Å². The molecule has 0 unspecified atom stereocenters. The minimum Gasteiger partial charge on any atom is -0.487 e. The first kappa shape index (κ1) is 14.5. The molecule has 0 fully saturated rings. The van der Waals surface area contributed by atoms with Crippen LogP contribution in [0.5, 0.6) is 5.75 Å². The average Bonchev–Trinajstić information content (AvgIpc) is 2.44. The molecule has 0 amide bonds. The Hall–Kier alpha value is -1.94. The van der Waals surface area contributed by atoms with Crippen LogP contribution in [0.15, 0.2) is 42.6 Å². The van der Waals surface area contributed by atoms with E-state index in [2.05, 4.69) is 24.1 Å². The third kappa shape index (κ3) is 4.63. The van der Waals surface area contributed by atoms with Crippen LogP contribution < -0.4 is 10.1 Å². The number of pyridine rings is 1. The van der Waals surface area contributed by atoms with Crippen molar-refractivity contribution >= 4 is 0 Å². The Morgan fingerprint density at radius 2 is 2.10 bits per heavy atom. The highest BCUT2D eigenvalue weighted by Crippen LogP contribution is 2.17. The van der Waals surface area contributed by atoms with Crippen LogP contribution in [0.1, 0.15) is 25.1 Å². The maximum Gasteiger partial charge on any atom is 0.130 e. The van der Waals surface area contributed by atoms with E-state index in [9.17, 15) is 4.39 Å². The van der Waals surface area contributed by atoms with Gasteiger partial charge in [-0.3, -0.25) is 4.98 Å². The number of nitrogens with one attached hydrogen (secondary N) is 1. The molecule has 4 heteroatoms. The fourth-order valence-electron chi connectivity index (χ4n) is 1.77. The predicted molar refractivity (Wildman–Crippen MR) is 76.9 cm³/mol. The molecular formula is C16H19FN2O. The fraction of sp³-hybridized carbons (Fsp3) is 0.312. The van der Waals surface area contributed by atoms with Gasteiger partial charge >= 0.3 is 0 Å². The monoisotopic (exact) mass is 274 g/mol. The van der Waals surface area contributed by atoms with Crippen molar-refractivity contribution in [3.8, 4) is 5.75 Å². The van der Waals surface area contributed by atoms with E-state index in [-0.39, 0.29) is 5.82 Å². The molecule has 0 aliphatic heterocycles. The molecule has 0 spiro atoms. The molecule has 3 nitrogen and oxygen atoms in total. The van der Waals surface area contributed by atoms with E-state index in [1.165, 1.54) is 12.1 Å². The highest BCUT2D eigenvalue weighted by molar-refractivity contribution is 5.29. The van der Waals surface area contributed by atoms with Gasteiger partial charge < -0.3 is 10.1 Å². The van der Waals surface area contributed by atoms with Gasteiger partial charge in [-0.15, -0.1) is 0 Å². The zero-order valence-electron chi connectivity index (χ0n) is 11.8. The first-order chi connectivity index (χ1) is 9.63. The van der Waals surface area contributed by atoms with Crippen LogP contribution in [0.25, 0.3) is 0 Å². The SMILES string of the molecule is CC(C)NCc1cc(F)cc(OCc2ccccn2)c1. The lowest BCUT2D eigenvalue weighted by Crippen LogP contribution is -2.21. The summed E-state index contributed by atoms with van der Waals surface area (Å²) in [6.07, 6.45) is 1.71. The number of hydrogen-bond donors (Lipinski definition) is 1. The van der Waals surface area contributed by atoms with Crippen LogP contribution in [-0.2, 0) is 13.2 Å². The van der Waals surface area contributed by atoms with Gasteiger partial charge in [0, 0.05) is 24.8 Å². The van der Waals surface area contributed by atoms with Gasteiger partial charge in [-0.2, -0.15) is 0 Å². The predicted octanol–water partition coefficient (Wildman–Crippen LogP) is 3.30. The molecule has 1 aromatic heterocycles. The van der Waals surface area contributed by atoms with Crippen LogP contribution in [0.4, 0.5) is 4.39 Å². The molecule has 1 N–H and O–H groups in total. The Morgan fingerprint density at radius 1 is 1.25 bits per heavy atom. The van der Waals surface area contributed by atoms with Crippen LogP contribution in [0.3, 0.4) is 0 Å². The van der Waals surface area contributed by atoms with Gasteiger partial charge in [0.05, 0.1) is 5.69 Å². The van der Waals surface area contributed by atoms with Gasteiger partial charge in [0.2, 0.25) is 0 Å². The summed E-state index contributed by atoms with van der Waals surface area (Å²) in [5.74, 6) is 0.236. The van der Waals surface area contributed by atoms with E-state index >= 15 is 0 Å². The van der Waals surface area contributed by atoms with Crippen molar-refractivity contribution < 1.29 is 9.13 Å². The lowest BCUT2D eigenvalue weighted by atomic mass is 10.2. The number of halogens is 1. The van der Waals surface area contributed by atoms with E-state index in [4.69, 9.17) is 4.74 Å². The molecule has 0 aliphatic carbocycles. The van der Waals surface area contributed by atoms with Gasteiger partial charge in [0.15, 0.2) is 0 Å². The fourth-order valence-corrected chi connectivity index (χ4v) is 1.77. The molecule has 106 valence electrons. The molecule has 0 saturated carbocycles. The second-order valence-electron chi connectivity index (χ2n) is 4.94. The van der Waals surface area contributed by atoms with Gasteiger partial charge in [-0.1, -0.05) is 19.9 Å². The molecule has 0 saturated heterocycles. The lowest BCUT2D eigenvalue weighted by molar-refractivity contribution is 0.299. The van der Waals surface area contributed by atoms with Gasteiger partial charge in [0.25, 0.3) is 0 Å². The number of nitrogens with zero attached hydrogens (tertiary/aromatic N) is 1. The lowest BCUT2D eigenvalue weighted by Gasteiger charge is -2.11. The highest BCUT2D eigenvalue weighted by Gasteiger charge is 2.04. The molecule has 20 heavy (non-hydrogen) atoms. The summed E-state index contributed by atoms with van der Waals surface area (Å²) in [6.45, 7) is 5.06. The van der Waals surface area contributed by atoms with Crippen molar-refractivity contribution in [2.75, 3.05) is 0 Å². The van der Waals surface area contributed by atoms with Gasteiger partial charge in [0.1, 0.15) is 18.2 Å². The molecule has 2 rings (SSSR count). The Kier molecular flexibility index (Phi) is 5.07. The third-order valence-electron chi connectivity index (χ3n) is 2.76. The van der Waals surface area contributed by atoms with Crippen molar-refractivity contribution in [2.45, 2.75) is 33.0 Å². The van der Waals surface area contributed by atoms with Crippen molar-refractivity contribution in [3.63, 3.8) is 0 Å². The number of rotatable bonds is 6. The smallest absolute Gasteiger partial charge is 0.130 e. The summed E-state index contributed by atoms with van der Waals surface area (Å²) >= 11 is 0. The van der Waals surface area contributed by atoms with Crippen molar-refractivity contribution in [1.29, 1.82) is 0 Å². The number of ether oxygens (including phenoxy) is 1.